The summed E-state index contributed by atoms with van der Waals surface area (Å²) in [5.74, 6) is 0.228. The largest absolute Gasteiger partial charge is 0.335 e. The lowest BCUT2D eigenvalue weighted by Crippen LogP contribution is -2.65. The van der Waals surface area contributed by atoms with Crippen LogP contribution in [0.1, 0.15) is 44.9 Å². The predicted octanol–water partition coefficient (Wildman–Crippen LogP) is 3.16. The highest BCUT2D eigenvalue weighted by Gasteiger charge is 2.53. The van der Waals surface area contributed by atoms with Crippen molar-refractivity contribution in [2.24, 2.45) is 5.41 Å². The van der Waals surface area contributed by atoms with E-state index in [-0.39, 0.29) is 17.4 Å². The van der Waals surface area contributed by atoms with Gasteiger partial charge in [0.15, 0.2) is 0 Å². The summed E-state index contributed by atoms with van der Waals surface area (Å²) in [5.41, 5.74) is 0.743. The van der Waals surface area contributed by atoms with Gasteiger partial charge in [-0.3, -0.25) is 4.79 Å². The van der Waals surface area contributed by atoms with Crippen LogP contribution in [0.25, 0.3) is 0 Å². The Morgan fingerprint density at radius 1 is 1.04 bits per heavy atom. The first-order valence-corrected chi connectivity index (χ1v) is 9.60. The summed E-state index contributed by atoms with van der Waals surface area (Å²) < 4.78 is 0. The molecule has 1 aliphatic carbocycles. The van der Waals surface area contributed by atoms with Crippen molar-refractivity contribution in [2.45, 2.75) is 51.0 Å². The molecule has 1 aromatic carbocycles. The molecule has 5 heteroatoms. The smallest absolute Gasteiger partial charge is 0.317 e. The third kappa shape index (κ3) is 3.12. The third-order valence-corrected chi connectivity index (χ3v) is 6.17. The first kappa shape index (κ1) is 16.4. The minimum Gasteiger partial charge on any atom is -0.335 e. The van der Waals surface area contributed by atoms with E-state index in [2.05, 4.69) is 5.32 Å². The lowest BCUT2D eigenvalue weighted by Gasteiger charge is -2.52. The van der Waals surface area contributed by atoms with Crippen LogP contribution in [0, 0.1) is 5.41 Å². The second kappa shape index (κ2) is 6.70. The van der Waals surface area contributed by atoms with Crippen LogP contribution in [-0.2, 0) is 4.79 Å². The van der Waals surface area contributed by atoms with Crippen molar-refractivity contribution in [3.8, 4) is 0 Å². The minimum atomic E-state index is -0.239. The molecule has 2 aliphatic heterocycles. The first-order chi connectivity index (χ1) is 12.2. The molecule has 25 heavy (non-hydrogen) atoms. The van der Waals surface area contributed by atoms with Crippen LogP contribution in [0.2, 0.25) is 0 Å². The molecule has 4 rings (SSSR count). The Balaban J connectivity index is 1.30. The van der Waals surface area contributed by atoms with Gasteiger partial charge in [0.05, 0.1) is 5.41 Å². The monoisotopic (exact) mass is 341 g/mol. The average molecular weight is 341 g/mol. The second-order valence-corrected chi connectivity index (χ2v) is 7.78. The molecule has 0 aromatic heterocycles. The topological polar surface area (TPSA) is 52.7 Å². The Morgan fingerprint density at radius 2 is 1.72 bits per heavy atom. The Labute approximate surface area is 149 Å². The standard InChI is InChI=1S/C20H27N3O2/c24-18-20(15-23(18)17-9-5-2-6-10-17)11-13-22(14-12-20)19(25)21-16-7-3-1-4-8-16/h2,5-6,9-10,16H,1,3-4,7-8,11-15H2,(H,21,25). The fourth-order valence-corrected chi connectivity index (χ4v) is 4.48. The molecule has 1 spiro atoms. The molecule has 1 aromatic rings. The number of nitrogens with one attached hydrogen (secondary N) is 1. The maximum Gasteiger partial charge on any atom is 0.317 e. The maximum atomic E-state index is 12.7. The van der Waals surface area contributed by atoms with Gasteiger partial charge >= 0.3 is 6.03 Å². The molecule has 0 bridgehead atoms. The van der Waals surface area contributed by atoms with Gasteiger partial charge in [0.1, 0.15) is 0 Å². The number of para-hydroxylation sites is 1. The molecule has 0 atom stereocenters. The van der Waals surface area contributed by atoms with E-state index in [0.717, 1.165) is 37.9 Å². The van der Waals surface area contributed by atoms with Crippen molar-refractivity contribution in [2.75, 3.05) is 24.5 Å². The number of urea groups is 1. The summed E-state index contributed by atoms with van der Waals surface area (Å²) in [4.78, 5) is 29.0. The van der Waals surface area contributed by atoms with E-state index in [1.807, 2.05) is 40.1 Å². The number of amides is 3. The van der Waals surface area contributed by atoms with Crippen LogP contribution in [-0.4, -0.2) is 42.5 Å². The number of carbonyl (C=O) groups excluding carboxylic acids is 2. The van der Waals surface area contributed by atoms with Crippen molar-refractivity contribution >= 4 is 17.6 Å². The number of benzene rings is 1. The van der Waals surface area contributed by atoms with Gasteiger partial charge in [0, 0.05) is 31.4 Å². The van der Waals surface area contributed by atoms with Gasteiger partial charge in [-0.1, -0.05) is 37.5 Å². The zero-order valence-electron chi connectivity index (χ0n) is 14.7. The molecule has 0 radical (unpaired) electrons. The quantitative estimate of drug-likeness (QED) is 0.840. The zero-order chi connectivity index (χ0) is 17.3. The van der Waals surface area contributed by atoms with Gasteiger partial charge in [0.25, 0.3) is 0 Å². The number of anilines is 1. The van der Waals surface area contributed by atoms with Crippen LogP contribution >= 0.6 is 0 Å². The summed E-state index contributed by atoms with van der Waals surface area (Å²) in [7, 11) is 0. The Morgan fingerprint density at radius 3 is 2.36 bits per heavy atom. The second-order valence-electron chi connectivity index (χ2n) is 7.78. The molecule has 134 valence electrons. The number of β-lactam (4-membered cyclic amide) rings is 1. The molecular weight excluding hydrogens is 314 g/mol. The molecule has 2 heterocycles. The molecular formula is C20H27N3O2. The van der Waals surface area contributed by atoms with Crippen molar-refractivity contribution in [1.29, 1.82) is 0 Å². The normalized spacial score (nSPS) is 23.4. The third-order valence-electron chi connectivity index (χ3n) is 6.17. The molecule has 3 amide bonds. The Hall–Kier alpha value is -2.04. The molecule has 3 fully saturated rings. The van der Waals surface area contributed by atoms with Gasteiger partial charge in [-0.25, -0.2) is 4.79 Å². The van der Waals surface area contributed by atoms with Crippen molar-refractivity contribution in [3.63, 3.8) is 0 Å². The van der Waals surface area contributed by atoms with E-state index in [9.17, 15) is 9.59 Å². The Bertz CT molecular complexity index is 632. The van der Waals surface area contributed by atoms with E-state index in [0.29, 0.717) is 19.1 Å². The molecule has 0 unspecified atom stereocenters. The number of hydrogen-bond donors (Lipinski definition) is 1. The summed E-state index contributed by atoms with van der Waals surface area (Å²) in [5, 5.41) is 3.19. The van der Waals surface area contributed by atoms with E-state index in [1.165, 1.54) is 19.3 Å². The van der Waals surface area contributed by atoms with Gasteiger partial charge in [-0.2, -0.15) is 0 Å². The fourth-order valence-electron chi connectivity index (χ4n) is 4.48. The summed E-state index contributed by atoms with van der Waals surface area (Å²) >= 11 is 0. The molecule has 3 aliphatic rings. The van der Waals surface area contributed by atoms with Gasteiger partial charge in [-0.05, 0) is 37.8 Å². The number of carbonyl (C=O) groups is 2. The van der Waals surface area contributed by atoms with E-state index in [1.54, 1.807) is 0 Å². The van der Waals surface area contributed by atoms with Crippen LogP contribution in [0.5, 0.6) is 0 Å². The highest BCUT2D eigenvalue weighted by molar-refractivity contribution is 6.04. The number of rotatable bonds is 2. The Kier molecular flexibility index (Phi) is 4.40. The number of hydrogen-bond acceptors (Lipinski definition) is 2. The summed E-state index contributed by atoms with van der Waals surface area (Å²) in [6.07, 6.45) is 7.51. The van der Waals surface area contributed by atoms with Crippen LogP contribution in [0.4, 0.5) is 10.5 Å². The maximum absolute atomic E-state index is 12.7. The van der Waals surface area contributed by atoms with Crippen molar-refractivity contribution < 1.29 is 9.59 Å². The van der Waals surface area contributed by atoms with Gasteiger partial charge in [0.2, 0.25) is 5.91 Å². The number of likely N-dealkylation sites (tertiary alicyclic amines) is 1. The average Bonchev–Trinajstić information content (AvgIpc) is 2.67. The molecule has 5 nitrogen and oxygen atoms in total. The van der Waals surface area contributed by atoms with Gasteiger partial charge in [-0.15, -0.1) is 0 Å². The van der Waals surface area contributed by atoms with Gasteiger partial charge < -0.3 is 15.1 Å². The zero-order valence-corrected chi connectivity index (χ0v) is 14.7. The van der Waals surface area contributed by atoms with Crippen LogP contribution in [0.3, 0.4) is 0 Å². The molecule has 1 N–H and O–H groups in total. The lowest BCUT2D eigenvalue weighted by molar-refractivity contribution is -0.138. The lowest BCUT2D eigenvalue weighted by atomic mass is 9.71. The number of nitrogens with zero attached hydrogens (tertiary/aromatic N) is 2. The minimum absolute atomic E-state index is 0.0634. The van der Waals surface area contributed by atoms with E-state index in [4.69, 9.17) is 0 Å². The molecule has 1 saturated carbocycles. The van der Waals surface area contributed by atoms with Crippen LogP contribution < -0.4 is 10.2 Å². The van der Waals surface area contributed by atoms with Crippen LogP contribution in [0.15, 0.2) is 30.3 Å². The fraction of sp³-hybridized carbons (Fsp3) is 0.600. The predicted molar refractivity (Wildman–Crippen MR) is 97.4 cm³/mol. The first-order valence-electron chi connectivity index (χ1n) is 9.60. The number of piperidine rings is 1. The highest BCUT2D eigenvalue weighted by atomic mass is 16.2. The highest BCUT2D eigenvalue weighted by Crippen LogP contribution is 2.43. The molecule has 2 saturated heterocycles. The summed E-state index contributed by atoms with van der Waals surface area (Å²) in [6.45, 7) is 2.16. The van der Waals surface area contributed by atoms with E-state index < -0.39 is 0 Å². The summed E-state index contributed by atoms with van der Waals surface area (Å²) in [6, 6.07) is 10.3. The van der Waals surface area contributed by atoms with E-state index >= 15 is 0 Å². The van der Waals surface area contributed by atoms with Crippen molar-refractivity contribution in [1.82, 2.24) is 10.2 Å². The van der Waals surface area contributed by atoms with Crippen molar-refractivity contribution in [3.05, 3.63) is 30.3 Å². The SMILES string of the molecule is O=C(NC1CCCCC1)N1CCC2(CC1)CN(c1ccccc1)C2=O.